The maximum atomic E-state index is 12.3. The smallest absolute Gasteiger partial charge is 0.336 e. The summed E-state index contributed by atoms with van der Waals surface area (Å²) in [6, 6.07) is 0. The highest BCUT2D eigenvalue weighted by atomic mass is 16.7. The van der Waals surface area contributed by atoms with Gasteiger partial charge in [0.25, 0.3) is 0 Å². The number of allylic oxidation sites excluding steroid dienone is 12. The summed E-state index contributed by atoms with van der Waals surface area (Å²) >= 11 is 0. The zero-order valence-electron chi connectivity index (χ0n) is 21.4. The molecule has 3 unspecified atom stereocenters. The highest BCUT2D eigenvalue weighted by Gasteiger charge is 2.45. The quantitative estimate of drug-likeness (QED) is 0.116. The lowest BCUT2D eigenvalue weighted by Gasteiger charge is -2.39. The van der Waals surface area contributed by atoms with Crippen molar-refractivity contribution in [1.29, 1.82) is 0 Å². The number of hydrogen-bond acceptors (Lipinski definition) is 10. The zero-order chi connectivity index (χ0) is 28.0. The third kappa shape index (κ3) is 11.2. The van der Waals surface area contributed by atoms with E-state index >= 15 is 0 Å². The number of rotatable bonds is 11. The Hall–Kier alpha value is -3.12. The molecule has 5 atom stereocenters. The molecular weight excluding hydrogens is 484 g/mol. The summed E-state index contributed by atoms with van der Waals surface area (Å²) in [5.41, 5.74) is 2.40. The second kappa shape index (κ2) is 16.6. The van der Waals surface area contributed by atoms with E-state index in [4.69, 9.17) is 14.6 Å². The van der Waals surface area contributed by atoms with Gasteiger partial charge < -0.3 is 39.7 Å². The highest BCUT2D eigenvalue weighted by molar-refractivity contribution is 5.88. The van der Waals surface area contributed by atoms with E-state index in [1.807, 2.05) is 44.2 Å². The molecule has 1 saturated heterocycles. The van der Waals surface area contributed by atoms with Crippen LogP contribution in [0.15, 0.2) is 83.1 Å². The molecule has 0 bridgehead atoms. The number of aliphatic hydroxyl groups excluding tert-OH is 5. The molecule has 37 heavy (non-hydrogen) atoms. The van der Waals surface area contributed by atoms with E-state index in [0.29, 0.717) is 5.57 Å². The van der Waals surface area contributed by atoms with Gasteiger partial charge in [0.05, 0.1) is 6.61 Å². The number of carbonyl (C=O) groups is 2. The van der Waals surface area contributed by atoms with Crippen molar-refractivity contribution in [1.82, 2.24) is 0 Å². The second-order valence-electron chi connectivity index (χ2n) is 8.29. The van der Waals surface area contributed by atoms with Gasteiger partial charge in [-0.3, -0.25) is 0 Å². The van der Waals surface area contributed by atoms with Gasteiger partial charge in [0.15, 0.2) is 6.79 Å². The predicted octanol–water partition coefficient (Wildman–Crippen LogP) is 1.28. The summed E-state index contributed by atoms with van der Waals surface area (Å²) in [5.74, 6) is -1.38. The molecule has 1 fully saturated rings. The minimum atomic E-state index is -1.66. The molecule has 0 spiro atoms. The maximum Gasteiger partial charge on any atom is 0.336 e. The van der Waals surface area contributed by atoms with Gasteiger partial charge in [-0.2, -0.15) is 0 Å². The Morgan fingerprint density at radius 2 is 1.24 bits per heavy atom. The van der Waals surface area contributed by atoms with Crippen LogP contribution in [0.1, 0.15) is 27.7 Å². The largest absolute Gasteiger partial charge is 0.435 e. The van der Waals surface area contributed by atoms with Gasteiger partial charge in [-0.15, -0.1) is 0 Å². The third-order valence-corrected chi connectivity index (χ3v) is 5.15. The van der Waals surface area contributed by atoms with Gasteiger partial charge in [0.1, 0.15) is 24.4 Å². The Labute approximate surface area is 216 Å². The Morgan fingerprint density at radius 1 is 0.730 bits per heavy atom. The standard InChI is InChI=1S/C27H36O10/c1-17(11-7-13-19(3)25(33)35-16-29)9-5-6-10-18(2)12-8-14-20(4)26(34)37-27-24(32)23(31)22(30)21(15-28)36-27/h5-14,21-24,27-32H,15-16H2,1-4H3/b6-5+,11-7+,12-8+,17-9+,18-10+,19-13+,20-14+/t21?,22-,23?,24?,27+/m1/s1. The average Bonchev–Trinajstić information content (AvgIpc) is 2.86. The number of esters is 2. The van der Waals surface area contributed by atoms with Gasteiger partial charge in [0.2, 0.25) is 6.29 Å². The summed E-state index contributed by atoms with van der Waals surface area (Å²) in [7, 11) is 0. The molecule has 10 nitrogen and oxygen atoms in total. The molecule has 0 aromatic carbocycles. The van der Waals surface area contributed by atoms with Gasteiger partial charge in [-0.25, -0.2) is 9.59 Å². The van der Waals surface area contributed by atoms with E-state index in [0.717, 1.165) is 11.1 Å². The topological polar surface area (TPSA) is 163 Å². The number of aliphatic hydroxyl groups is 5. The second-order valence-corrected chi connectivity index (χ2v) is 8.29. The molecule has 5 N–H and O–H groups in total. The predicted molar refractivity (Wildman–Crippen MR) is 135 cm³/mol. The van der Waals surface area contributed by atoms with Crippen molar-refractivity contribution in [2.24, 2.45) is 0 Å². The fourth-order valence-electron chi connectivity index (χ4n) is 2.89. The molecule has 1 rings (SSSR count). The van der Waals surface area contributed by atoms with Crippen LogP contribution in [0.5, 0.6) is 0 Å². The van der Waals surface area contributed by atoms with Crippen LogP contribution < -0.4 is 0 Å². The van der Waals surface area contributed by atoms with Crippen molar-refractivity contribution in [2.75, 3.05) is 13.4 Å². The van der Waals surface area contributed by atoms with Crippen LogP contribution in [-0.2, 0) is 23.8 Å². The van der Waals surface area contributed by atoms with Crippen molar-refractivity contribution in [3.8, 4) is 0 Å². The van der Waals surface area contributed by atoms with Crippen molar-refractivity contribution < 1.29 is 49.3 Å². The monoisotopic (exact) mass is 520 g/mol. The molecule has 0 amide bonds. The van der Waals surface area contributed by atoms with E-state index in [9.17, 15) is 30.0 Å². The van der Waals surface area contributed by atoms with E-state index in [1.54, 1.807) is 31.2 Å². The Balaban J connectivity index is 2.63. The Kier molecular flexibility index (Phi) is 14.3. The Morgan fingerprint density at radius 3 is 1.73 bits per heavy atom. The number of ether oxygens (including phenoxy) is 3. The molecule has 0 aromatic heterocycles. The third-order valence-electron chi connectivity index (χ3n) is 5.15. The molecule has 0 radical (unpaired) electrons. The molecule has 0 aliphatic carbocycles. The first-order valence-corrected chi connectivity index (χ1v) is 11.5. The molecule has 1 aliphatic heterocycles. The lowest BCUT2D eigenvalue weighted by Crippen LogP contribution is -2.59. The van der Waals surface area contributed by atoms with Crippen LogP contribution in [0, 0.1) is 0 Å². The summed E-state index contributed by atoms with van der Waals surface area (Å²) in [5, 5.41) is 47.3. The summed E-state index contributed by atoms with van der Waals surface area (Å²) < 4.78 is 14.7. The first-order chi connectivity index (χ1) is 17.5. The van der Waals surface area contributed by atoms with Crippen molar-refractivity contribution in [2.45, 2.75) is 58.4 Å². The van der Waals surface area contributed by atoms with Crippen molar-refractivity contribution in [3.63, 3.8) is 0 Å². The first-order valence-electron chi connectivity index (χ1n) is 11.5. The summed E-state index contributed by atoms with van der Waals surface area (Å²) in [6.45, 7) is 5.57. The van der Waals surface area contributed by atoms with Crippen LogP contribution >= 0.6 is 0 Å². The summed E-state index contributed by atoms with van der Waals surface area (Å²) in [6.07, 6.45) is 9.90. The molecule has 0 aromatic rings. The lowest BCUT2D eigenvalue weighted by atomic mass is 9.99. The normalized spacial score (nSPS) is 26.4. The first kappa shape index (κ1) is 31.9. The van der Waals surface area contributed by atoms with Gasteiger partial charge >= 0.3 is 11.9 Å². The van der Waals surface area contributed by atoms with Crippen LogP contribution in [0.3, 0.4) is 0 Å². The molecule has 204 valence electrons. The number of hydrogen-bond donors (Lipinski definition) is 5. The molecule has 0 saturated carbocycles. The SMILES string of the molecule is CC(/C=C/C=C(\C)C(=O)OCO)=C\C=C\C=C(C)\C=C\C=C(/C)C(=O)O[C@@H]1OC(CO)[C@@H](O)C(O)C1O. The molecular formula is C27H36O10. The number of carbonyl (C=O) groups excluding carboxylic acids is 2. The van der Waals surface area contributed by atoms with Crippen molar-refractivity contribution >= 4 is 11.9 Å². The molecule has 1 aliphatic rings. The van der Waals surface area contributed by atoms with Crippen LogP contribution in [0.25, 0.3) is 0 Å². The van der Waals surface area contributed by atoms with Crippen LogP contribution in [0.2, 0.25) is 0 Å². The highest BCUT2D eigenvalue weighted by Crippen LogP contribution is 2.22. The average molecular weight is 521 g/mol. The van der Waals surface area contributed by atoms with Crippen LogP contribution in [0.4, 0.5) is 0 Å². The maximum absolute atomic E-state index is 12.3. The van der Waals surface area contributed by atoms with Gasteiger partial charge in [0, 0.05) is 11.1 Å². The van der Waals surface area contributed by atoms with Gasteiger partial charge in [-0.05, 0) is 27.7 Å². The van der Waals surface area contributed by atoms with E-state index in [-0.39, 0.29) is 5.57 Å². The molecule has 1 heterocycles. The molecule has 10 heteroatoms. The van der Waals surface area contributed by atoms with E-state index < -0.39 is 56.0 Å². The fourth-order valence-corrected chi connectivity index (χ4v) is 2.89. The minimum absolute atomic E-state index is 0.204. The Bertz CT molecular complexity index is 981. The lowest BCUT2D eigenvalue weighted by molar-refractivity contribution is -0.291. The van der Waals surface area contributed by atoms with E-state index in [1.165, 1.54) is 13.0 Å². The van der Waals surface area contributed by atoms with Gasteiger partial charge in [-0.1, -0.05) is 71.9 Å². The summed E-state index contributed by atoms with van der Waals surface area (Å²) in [4.78, 5) is 23.7. The fraction of sp³-hybridized carbons (Fsp3) is 0.407. The van der Waals surface area contributed by atoms with Crippen LogP contribution in [-0.4, -0.2) is 81.6 Å². The van der Waals surface area contributed by atoms with Crippen molar-refractivity contribution in [3.05, 3.63) is 83.1 Å². The minimum Gasteiger partial charge on any atom is -0.435 e. The van der Waals surface area contributed by atoms with E-state index in [2.05, 4.69) is 4.74 Å². The zero-order valence-corrected chi connectivity index (χ0v) is 21.4.